The summed E-state index contributed by atoms with van der Waals surface area (Å²) in [4.78, 5) is 24.3. The number of rotatable bonds is 4. The van der Waals surface area contributed by atoms with E-state index in [0.717, 1.165) is 12.1 Å². The fourth-order valence-corrected chi connectivity index (χ4v) is 3.01. The third kappa shape index (κ3) is 4.18. The molecule has 1 fully saturated rings. The van der Waals surface area contributed by atoms with Crippen LogP contribution in [0.3, 0.4) is 0 Å². The number of anilines is 1. The normalized spacial score (nSPS) is 19.1. The van der Waals surface area contributed by atoms with E-state index in [4.69, 9.17) is 4.74 Å². The predicted octanol–water partition coefficient (Wildman–Crippen LogP) is 1.57. The van der Waals surface area contributed by atoms with Crippen molar-refractivity contribution in [1.29, 1.82) is 0 Å². The third-order valence-corrected chi connectivity index (χ3v) is 4.26. The van der Waals surface area contributed by atoms with E-state index in [1.165, 1.54) is 7.11 Å². The van der Waals surface area contributed by atoms with Crippen LogP contribution in [0.1, 0.15) is 21.8 Å². The van der Waals surface area contributed by atoms with E-state index >= 15 is 0 Å². The summed E-state index contributed by atoms with van der Waals surface area (Å²) in [5.41, 5.74) is 2.04. The van der Waals surface area contributed by atoms with Crippen molar-refractivity contribution in [3.05, 3.63) is 47.8 Å². The predicted molar refractivity (Wildman–Crippen MR) is 96.0 cm³/mol. The highest BCUT2D eigenvalue weighted by molar-refractivity contribution is 5.96. The lowest BCUT2D eigenvalue weighted by atomic mass is 9.90. The van der Waals surface area contributed by atoms with Gasteiger partial charge in [0.05, 0.1) is 24.8 Å². The number of methoxy groups -OCH3 is 1. The van der Waals surface area contributed by atoms with Crippen molar-refractivity contribution in [2.24, 2.45) is 13.0 Å². The zero-order chi connectivity index (χ0) is 17.1. The number of aryl methyl sites for hydroxylation is 1. The molecule has 0 bridgehead atoms. The van der Waals surface area contributed by atoms with Crippen molar-refractivity contribution in [1.82, 2.24) is 15.1 Å². The number of carbonyl (C=O) groups is 2. The Bertz CT molecular complexity index is 762. The van der Waals surface area contributed by atoms with Crippen LogP contribution >= 0.6 is 12.4 Å². The summed E-state index contributed by atoms with van der Waals surface area (Å²) in [5, 5.41) is 10.3. The van der Waals surface area contributed by atoms with Gasteiger partial charge in [-0.15, -0.1) is 12.4 Å². The number of aromatic nitrogens is 2. The number of hydrogen-bond donors (Lipinski definition) is 2. The van der Waals surface area contributed by atoms with Crippen LogP contribution in [0, 0.1) is 5.92 Å². The minimum Gasteiger partial charge on any atom is -0.465 e. The molecule has 1 aromatic carbocycles. The lowest BCUT2D eigenvalue weighted by Gasteiger charge is -2.17. The minimum absolute atomic E-state index is 0. The summed E-state index contributed by atoms with van der Waals surface area (Å²) in [7, 11) is 3.19. The number of halogens is 1. The van der Waals surface area contributed by atoms with Crippen LogP contribution in [-0.4, -0.2) is 41.9 Å². The molecule has 3 rings (SSSR count). The number of benzene rings is 1. The maximum absolute atomic E-state index is 12.7. The van der Waals surface area contributed by atoms with E-state index in [2.05, 4.69) is 15.7 Å². The van der Waals surface area contributed by atoms with Gasteiger partial charge in [-0.3, -0.25) is 9.48 Å². The molecular weight excluding hydrogens is 344 g/mol. The Labute approximate surface area is 152 Å². The van der Waals surface area contributed by atoms with Crippen molar-refractivity contribution < 1.29 is 14.3 Å². The number of esters is 1. The fraction of sp³-hybridized carbons (Fsp3) is 0.353. The summed E-state index contributed by atoms with van der Waals surface area (Å²) < 4.78 is 6.44. The monoisotopic (exact) mass is 364 g/mol. The van der Waals surface area contributed by atoms with Crippen LogP contribution in [0.5, 0.6) is 0 Å². The van der Waals surface area contributed by atoms with Gasteiger partial charge in [0.25, 0.3) is 0 Å². The van der Waals surface area contributed by atoms with E-state index in [0.29, 0.717) is 17.8 Å². The zero-order valence-electron chi connectivity index (χ0n) is 14.1. The van der Waals surface area contributed by atoms with Gasteiger partial charge < -0.3 is 15.4 Å². The first-order chi connectivity index (χ1) is 11.6. The Morgan fingerprint density at radius 2 is 2.16 bits per heavy atom. The highest BCUT2D eigenvalue weighted by Crippen LogP contribution is 2.29. The summed E-state index contributed by atoms with van der Waals surface area (Å²) in [6, 6.07) is 6.74. The summed E-state index contributed by atoms with van der Waals surface area (Å²) in [6.07, 6.45) is 3.74. The molecule has 1 aliphatic rings. The zero-order valence-corrected chi connectivity index (χ0v) is 14.9. The second kappa shape index (κ2) is 8.13. The molecule has 2 N–H and O–H groups in total. The van der Waals surface area contributed by atoms with Crippen LogP contribution in [0.25, 0.3) is 0 Å². The van der Waals surface area contributed by atoms with E-state index in [1.807, 2.05) is 13.2 Å². The van der Waals surface area contributed by atoms with Crippen LogP contribution in [0.4, 0.5) is 5.69 Å². The maximum atomic E-state index is 12.7. The first kappa shape index (κ1) is 19.0. The largest absolute Gasteiger partial charge is 0.465 e. The SMILES string of the molecule is COC(=O)c1cccc(NC(=O)[C@H]2CNC[C@@H]2c2cnn(C)c2)c1.Cl. The number of hydrogen-bond acceptors (Lipinski definition) is 5. The van der Waals surface area contributed by atoms with Gasteiger partial charge >= 0.3 is 5.97 Å². The molecule has 0 spiro atoms. The summed E-state index contributed by atoms with van der Waals surface area (Å²) >= 11 is 0. The molecule has 2 aromatic rings. The van der Waals surface area contributed by atoms with Gasteiger partial charge in [0.15, 0.2) is 0 Å². The van der Waals surface area contributed by atoms with E-state index in [1.54, 1.807) is 35.1 Å². The molecule has 134 valence electrons. The van der Waals surface area contributed by atoms with Gasteiger partial charge in [-0.1, -0.05) is 6.07 Å². The van der Waals surface area contributed by atoms with E-state index in [-0.39, 0.29) is 30.2 Å². The minimum atomic E-state index is -0.429. The van der Waals surface area contributed by atoms with Crippen molar-refractivity contribution in [3.63, 3.8) is 0 Å². The second-order valence-corrected chi connectivity index (χ2v) is 5.88. The number of ether oxygens (including phenoxy) is 1. The Kier molecular flexibility index (Phi) is 6.17. The van der Waals surface area contributed by atoms with Crippen LogP contribution < -0.4 is 10.6 Å². The van der Waals surface area contributed by atoms with Gasteiger partial charge in [0, 0.05) is 37.9 Å². The molecule has 25 heavy (non-hydrogen) atoms. The topological polar surface area (TPSA) is 85.2 Å². The number of nitrogens with one attached hydrogen (secondary N) is 2. The Hall–Kier alpha value is -2.38. The third-order valence-electron chi connectivity index (χ3n) is 4.26. The molecule has 2 atom stereocenters. The fourth-order valence-electron chi connectivity index (χ4n) is 3.01. The number of amides is 1. The Balaban J connectivity index is 0.00000225. The highest BCUT2D eigenvalue weighted by Gasteiger charge is 2.34. The summed E-state index contributed by atoms with van der Waals surface area (Å²) in [5.74, 6) is -0.601. The molecular formula is C17H21ClN4O3. The molecule has 0 radical (unpaired) electrons. The molecule has 1 aliphatic heterocycles. The molecule has 1 aromatic heterocycles. The van der Waals surface area contributed by atoms with E-state index in [9.17, 15) is 9.59 Å². The number of nitrogens with zero attached hydrogens (tertiary/aromatic N) is 2. The van der Waals surface area contributed by atoms with Crippen molar-refractivity contribution in [2.45, 2.75) is 5.92 Å². The Morgan fingerprint density at radius 1 is 1.36 bits per heavy atom. The molecule has 1 saturated heterocycles. The van der Waals surface area contributed by atoms with Gasteiger partial charge in [-0.25, -0.2) is 4.79 Å². The second-order valence-electron chi connectivity index (χ2n) is 5.88. The van der Waals surface area contributed by atoms with Gasteiger partial charge in [-0.05, 0) is 23.8 Å². The average molecular weight is 365 g/mol. The highest BCUT2D eigenvalue weighted by atomic mass is 35.5. The van der Waals surface area contributed by atoms with Crippen molar-refractivity contribution >= 4 is 30.0 Å². The lowest BCUT2D eigenvalue weighted by molar-refractivity contribution is -0.119. The smallest absolute Gasteiger partial charge is 0.337 e. The first-order valence-electron chi connectivity index (χ1n) is 7.77. The summed E-state index contributed by atoms with van der Waals surface area (Å²) in [6.45, 7) is 1.36. The molecule has 0 saturated carbocycles. The van der Waals surface area contributed by atoms with Crippen molar-refractivity contribution in [3.8, 4) is 0 Å². The van der Waals surface area contributed by atoms with Crippen LogP contribution in [-0.2, 0) is 16.6 Å². The van der Waals surface area contributed by atoms with E-state index < -0.39 is 5.97 Å². The van der Waals surface area contributed by atoms with Crippen LogP contribution in [0.2, 0.25) is 0 Å². The van der Waals surface area contributed by atoms with Crippen LogP contribution in [0.15, 0.2) is 36.7 Å². The average Bonchev–Trinajstić information content (AvgIpc) is 3.22. The molecule has 0 aliphatic carbocycles. The van der Waals surface area contributed by atoms with Gasteiger partial charge in [0.2, 0.25) is 5.91 Å². The number of carbonyl (C=O) groups excluding carboxylic acids is 2. The Morgan fingerprint density at radius 3 is 2.84 bits per heavy atom. The molecule has 0 unspecified atom stereocenters. The van der Waals surface area contributed by atoms with Gasteiger partial charge in [-0.2, -0.15) is 5.10 Å². The molecule has 1 amide bonds. The standard InChI is InChI=1S/C17H20N4O3.ClH/c1-21-10-12(7-19-21)14-8-18-9-15(14)16(22)20-13-5-3-4-11(6-13)17(23)24-2;/h3-7,10,14-15,18H,8-9H2,1-2H3,(H,20,22);1H/t14-,15+;/m1./s1. The lowest BCUT2D eigenvalue weighted by Crippen LogP contribution is -2.28. The van der Waals surface area contributed by atoms with Gasteiger partial charge in [0.1, 0.15) is 0 Å². The molecule has 7 nitrogen and oxygen atoms in total. The first-order valence-corrected chi connectivity index (χ1v) is 7.77. The quantitative estimate of drug-likeness (QED) is 0.804. The van der Waals surface area contributed by atoms with Crippen molar-refractivity contribution in [2.75, 3.05) is 25.5 Å². The molecule has 2 heterocycles. The maximum Gasteiger partial charge on any atom is 0.337 e. The molecule has 8 heteroatoms.